The van der Waals surface area contributed by atoms with E-state index in [9.17, 15) is 4.39 Å². The maximum atomic E-state index is 13.1. The molecule has 1 aromatic heterocycles. The van der Waals surface area contributed by atoms with Crippen LogP contribution in [0.4, 0.5) is 10.2 Å². The smallest absolute Gasteiger partial charge is 0.131 e. The highest BCUT2D eigenvalue weighted by Gasteiger charge is 2.30. The Kier molecular flexibility index (Phi) is 2.66. The molecule has 1 aliphatic rings. The lowest BCUT2D eigenvalue weighted by Gasteiger charge is -2.03. The quantitative estimate of drug-likeness (QED) is 0.923. The SMILES string of the molecule is Cn1c(C2CC2)nc(-c2ccc(F)cc2Br)c1N. The highest BCUT2D eigenvalue weighted by atomic mass is 79.9. The van der Waals surface area contributed by atoms with Gasteiger partial charge in [-0.2, -0.15) is 0 Å². The summed E-state index contributed by atoms with van der Waals surface area (Å²) in [7, 11) is 1.93. The van der Waals surface area contributed by atoms with Gasteiger partial charge in [0, 0.05) is 23.0 Å². The van der Waals surface area contributed by atoms with Crippen LogP contribution in [0.25, 0.3) is 11.3 Å². The summed E-state index contributed by atoms with van der Waals surface area (Å²) in [6.45, 7) is 0. The Morgan fingerprint density at radius 2 is 2.17 bits per heavy atom. The second-order valence-electron chi connectivity index (χ2n) is 4.66. The summed E-state index contributed by atoms with van der Waals surface area (Å²) in [6.07, 6.45) is 2.35. The molecule has 0 amide bonds. The van der Waals surface area contributed by atoms with Crippen molar-refractivity contribution in [3.8, 4) is 11.3 Å². The fourth-order valence-electron chi connectivity index (χ4n) is 2.12. The van der Waals surface area contributed by atoms with Crippen molar-refractivity contribution in [1.82, 2.24) is 9.55 Å². The average Bonchev–Trinajstić information content (AvgIpc) is 3.11. The molecule has 0 spiro atoms. The number of nitrogen functional groups attached to an aromatic ring is 1. The number of anilines is 1. The fourth-order valence-corrected chi connectivity index (χ4v) is 2.65. The summed E-state index contributed by atoms with van der Waals surface area (Å²) in [5, 5.41) is 0. The van der Waals surface area contributed by atoms with Crippen LogP contribution in [0.3, 0.4) is 0 Å². The molecule has 5 heteroatoms. The lowest BCUT2D eigenvalue weighted by molar-refractivity contribution is 0.627. The number of hydrogen-bond donors (Lipinski definition) is 1. The third-order valence-electron chi connectivity index (χ3n) is 3.30. The van der Waals surface area contributed by atoms with E-state index in [0.29, 0.717) is 16.2 Å². The normalized spacial score (nSPS) is 15.1. The highest BCUT2D eigenvalue weighted by Crippen LogP contribution is 2.42. The largest absolute Gasteiger partial charge is 0.383 e. The van der Waals surface area contributed by atoms with Crippen LogP contribution in [0.5, 0.6) is 0 Å². The second-order valence-corrected chi connectivity index (χ2v) is 5.52. The predicted molar refractivity (Wildman–Crippen MR) is 72.7 cm³/mol. The van der Waals surface area contributed by atoms with Gasteiger partial charge in [-0.1, -0.05) is 0 Å². The maximum Gasteiger partial charge on any atom is 0.131 e. The van der Waals surface area contributed by atoms with Gasteiger partial charge in [-0.25, -0.2) is 9.37 Å². The first kappa shape index (κ1) is 11.7. The molecule has 1 fully saturated rings. The van der Waals surface area contributed by atoms with E-state index in [1.807, 2.05) is 11.6 Å². The molecule has 0 unspecified atom stereocenters. The van der Waals surface area contributed by atoms with Gasteiger partial charge in [0.25, 0.3) is 0 Å². The Hall–Kier alpha value is -1.36. The summed E-state index contributed by atoms with van der Waals surface area (Å²) >= 11 is 3.36. The zero-order valence-corrected chi connectivity index (χ0v) is 11.5. The van der Waals surface area contributed by atoms with E-state index in [1.54, 1.807) is 6.07 Å². The van der Waals surface area contributed by atoms with Crippen molar-refractivity contribution in [3.05, 3.63) is 34.3 Å². The molecular weight excluding hydrogens is 297 g/mol. The fraction of sp³-hybridized carbons (Fsp3) is 0.308. The van der Waals surface area contributed by atoms with Gasteiger partial charge in [-0.3, -0.25) is 0 Å². The molecule has 1 heterocycles. The molecule has 0 saturated heterocycles. The minimum absolute atomic E-state index is 0.275. The number of aromatic nitrogens is 2. The van der Waals surface area contributed by atoms with Gasteiger partial charge < -0.3 is 10.3 Å². The van der Waals surface area contributed by atoms with E-state index < -0.39 is 0 Å². The molecule has 1 aromatic carbocycles. The van der Waals surface area contributed by atoms with Crippen molar-refractivity contribution in [2.75, 3.05) is 5.73 Å². The van der Waals surface area contributed by atoms with Gasteiger partial charge in [0.15, 0.2) is 0 Å². The third kappa shape index (κ3) is 1.82. The first-order valence-corrected chi connectivity index (χ1v) is 6.64. The van der Waals surface area contributed by atoms with Crippen LogP contribution in [0, 0.1) is 5.82 Å². The standard InChI is InChI=1S/C13H13BrFN3/c1-18-12(16)11(17-13(18)7-2-3-7)9-5-4-8(15)6-10(9)14/h4-7H,2-3,16H2,1H3. The number of rotatable bonds is 2. The van der Waals surface area contributed by atoms with Crippen molar-refractivity contribution in [2.24, 2.45) is 7.05 Å². The molecule has 1 saturated carbocycles. The van der Waals surface area contributed by atoms with Gasteiger partial charge >= 0.3 is 0 Å². The van der Waals surface area contributed by atoms with Crippen LogP contribution in [-0.2, 0) is 7.05 Å². The summed E-state index contributed by atoms with van der Waals surface area (Å²) in [5.74, 6) is 1.91. The van der Waals surface area contributed by atoms with Gasteiger partial charge in [0.1, 0.15) is 23.2 Å². The minimum Gasteiger partial charge on any atom is -0.383 e. The molecule has 0 aliphatic heterocycles. The molecule has 0 atom stereocenters. The van der Waals surface area contributed by atoms with E-state index in [4.69, 9.17) is 5.73 Å². The molecule has 1 aliphatic carbocycles. The Morgan fingerprint density at radius 3 is 2.78 bits per heavy atom. The molecule has 18 heavy (non-hydrogen) atoms. The molecule has 3 nitrogen and oxygen atoms in total. The molecular formula is C13H13BrFN3. The highest BCUT2D eigenvalue weighted by molar-refractivity contribution is 9.10. The predicted octanol–water partition coefficient (Wildman–Crippen LogP) is 3.45. The Labute approximate surface area is 113 Å². The summed E-state index contributed by atoms with van der Waals surface area (Å²) in [6, 6.07) is 4.56. The van der Waals surface area contributed by atoms with E-state index in [0.717, 1.165) is 17.1 Å². The van der Waals surface area contributed by atoms with Gasteiger partial charge in [0.2, 0.25) is 0 Å². The van der Waals surface area contributed by atoms with Crippen LogP contribution in [0.2, 0.25) is 0 Å². The van der Waals surface area contributed by atoms with E-state index in [1.165, 1.54) is 25.0 Å². The van der Waals surface area contributed by atoms with Gasteiger partial charge in [-0.15, -0.1) is 0 Å². The maximum absolute atomic E-state index is 13.1. The van der Waals surface area contributed by atoms with Gasteiger partial charge in [0.05, 0.1) is 0 Å². The number of imidazole rings is 1. The zero-order valence-electron chi connectivity index (χ0n) is 9.95. The molecule has 2 aromatic rings. The van der Waals surface area contributed by atoms with Crippen LogP contribution < -0.4 is 5.73 Å². The first-order chi connectivity index (χ1) is 8.58. The van der Waals surface area contributed by atoms with Crippen molar-refractivity contribution in [1.29, 1.82) is 0 Å². The summed E-state index contributed by atoms with van der Waals surface area (Å²) < 4.78 is 15.7. The van der Waals surface area contributed by atoms with Crippen LogP contribution in [0.15, 0.2) is 22.7 Å². The van der Waals surface area contributed by atoms with Crippen molar-refractivity contribution < 1.29 is 4.39 Å². The van der Waals surface area contributed by atoms with E-state index in [2.05, 4.69) is 20.9 Å². The number of halogens is 2. The molecule has 0 radical (unpaired) electrons. The number of nitrogens with two attached hydrogens (primary N) is 1. The molecule has 2 N–H and O–H groups in total. The van der Waals surface area contributed by atoms with Crippen molar-refractivity contribution >= 4 is 21.7 Å². The third-order valence-corrected chi connectivity index (χ3v) is 3.96. The average molecular weight is 310 g/mol. The Balaban J connectivity index is 2.13. The van der Waals surface area contributed by atoms with E-state index in [-0.39, 0.29) is 5.82 Å². The van der Waals surface area contributed by atoms with Crippen molar-refractivity contribution in [2.45, 2.75) is 18.8 Å². The lowest BCUT2D eigenvalue weighted by Crippen LogP contribution is -2.00. The van der Waals surface area contributed by atoms with Crippen LogP contribution in [0.1, 0.15) is 24.6 Å². The summed E-state index contributed by atoms with van der Waals surface area (Å²) in [4.78, 5) is 4.62. The van der Waals surface area contributed by atoms with Crippen LogP contribution >= 0.6 is 15.9 Å². The Morgan fingerprint density at radius 1 is 1.44 bits per heavy atom. The lowest BCUT2D eigenvalue weighted by atomic mass is 10.1. The zero-order chi connectivity index (χ0) is 12.9. The second kappa shape index (κ2) is 4.09. The first-order valence-electron chi connectivity index (χ1n) is 5.85. The number of nitrogens with zero attached hydrogens (tertiary/aromatic N) is 2. The topological polar surface area (TPSA) is 43.8 Å². The van der Waals surface area contributed by atoms with Crippen LogP contribution in [-0.4, -0.2) is 9.55 Å². The molecule has 0 bridgehead atoms. The Bertz CT molecular complexity index is 617. The number of benzene rings is 1. The van der Waals surface area contributed by atoms with Crippen molar-refractivity contribution in [3.63, 3.8) is 0 Å². The van der Waals surface area contributed by atoms with Gasteiger partial charge in [-0.05, 0) is 47.0 Å². The van der Waals surface area contributed by atoms with E-state index >= 15 is 0 Å². The molecule has 3 rings (SSSR count). The monoisotopic (exact) mass is 309 g/mol. The summed E-state index contributed by atoms with van der Waals surface area (Å²) in [5.41, 5.74) is 7.65. The molecule has 94 valence electrons. The number of hydrogen-bond acceptors (Lipinski definition) is 2. The minimum atomic E-state index is -0.275.